The molecule has 0 N–H and O–H groups in total. The predicted molar refractivity (Wildman–Crippen MR) is 211 cm³/mol. The van der Waals surface area contributed by atoms with Gasteiger partial charge < -0.3 is 4.57 Å². The van der Waals surface area contributed by atoms with Crippen LogP contribution in [0.2, 0.25) is 0 Å². The highest BCUT2D eigenvalue weighted by atomic mass is 32.1. The van der Waals surface area contributed by atoms with Crippen LogP contribution in [-0.2, 0) is 0 Å². The van der Waals surface area contributed by atoms with Gasteiger partial charge in [-0.1, -0.05) is 133 Å². The average Bonchev–Trinajstić information content (AvgIpc) is 3.73. The lowest BCUT2D eigenvalue weighted by molar-refractivity contribution is 1.19. The molecule has 0 saturated heterocycles. The number of fused-ring (bicyclic) bond motifs is 6. The van der Waals surface area contributed by atoms with E-state index in [2.05, 4.69) is 162 Å². The van der Waals surface area contributed by atoms with Crippen molar-refractivity contribution < 1.29 is 0 Å². The molecule has 0 radical (unpaired) electrons. The van der Waals surface area contributed by atoms with Gasteiger partial charge in [0, 0.05) is 37.7 Å². The Balaban J connectivity index is 1.21. The van der Waals surface area contributed by atoms with Crippen LogP contribution in [0.1, 0.15) is 0 Å². The fraction of sp³-hybridized carbons (Fsp3) is 0. The van der Waals surface area contributed by atoms with E-state index in [0.717, 1.165) is 43.9 Å². The van der Waals surface area contributed by atoms with Crippen molar-refractivity contribution in [1.29, 1.82) is 0 Å². The molecule has 0 fully saturated rings. The summed E-state index contributed by atoms with van der Waals surface area (Å²) < 4.78 is 4.70. The molecule has 50 heavy (non-hydrogen) atoms. The highest BCUT2D eigenvalue weighted by Gasteiger charge is 2.19. The van der Waals surface area contributed by atoms with Crippen molar-refractivity contribution in [2.24, 2.45) is 0 Å². The summed E-state index contributed by atoms with van der Waals surface area (Å²) in [5.74, 6) is 0.742. The maximum Gasteiger partial charge on any atom is 0.160 e. The number of aromatic nitrogens is 3. The van der Waals surface area contributed by atoms with Gasteiger partial charge >= 0.3 is 0 Å². The lowest BCUT2D eigenvalue weighted by Crippen LogP contribution is -1.94. The van der Waals surface area contributed by atoms with Crippen molar-refractivity contribution in [3.8, 4) is 50.6 Å². The van der Waals surface area contributed by atoms with E-state index in [9.17, 15) is 0 Å². The second-order valence-corrected chi connectivity index (χ2v) is 13.7. The molecule has 0 aliphatic rings. The summed E-state index contributed by atoms with van der Waals surface area (Å²) in [6, 6.07) is 62.6. The molecule has 10 rings (SSSR count). The Kier molecular flexibility index (Phi) is 6.68. The van der Waals surface area contributed by atoms with Crippen LogP contribution in [0.25, 0.3) is 92.7 Å². The third-order valence-electron chi connectivity index (χ3n) is 9.61. The molecule has 3 aromatic heterocycles. The lowest BCUT2D eigenvalue weighted by atomic mass is 10.0. The minimum Gasteiger partial charge on any atom is -0.309 e. The van der Waals surface area contributed by atoms with Crippen LogP contribution < -0.4 is 0 Å². The smallest absolute Gasteiger partial charge is 0.160 e. The van der Waals surface area contributed by atoms with Gasteiger partial charge in [-0.15, -0.1) is 11.3 Å². The predicted octanol–water partition coefficient (Wildman–Crippen LogP) is 12.6. The van der Waals surface area contributed by atoms with Crippen LogP contribution >= 0.6 is 11.3 Å². The molecule has 234 valence electrons. The zero-order chi connectivity index (χ0) is 33.0. The van der Waals surface area contributed by atoms with Gasteiger partial charge in [0.15, 0.2) is 5.82 Å². The molecule has 3 heterocycles. The van der Waals surface area contributed by atoms with Gasteiger partial charge in [-0.3, -0.25) is 0 Å². The second kappa shape index (κ2) is 11.7. The third-order valence-corrected chi connectivity index (χ3v) is 10.8. The van der Waals surface area contributed by atoms with Crippen molar-refractivity contribution in [3.63, 3.8) is 0 Å². The average molecular weight is 656 g/mol. The highest BCUT2D eigenvalue weighted by molar-refractivity contribution is 7.26. The van der Waals surface area contributed by atoms with E-state index in [0.29, 0.717) is 0 Å². The molecular weight excluding hydrogens is 627 g/mol. The number of thiophene rings is 1. The van der Waals surface area contributed by atoms with E-state index in [-0.39, 0.29) is 0 Å². The molecule has 0 aliphatic heterocycles. The van der Waals surface area contributed by atoms with Gasteiger partial charge in [-0.2, -0.15) is 0 Å². The number of benzene rings is 7. The van der Waals surface area contributed by atoms with Crippen LogP contribution in [0.4, 0.5) is 0 Å². The summed E-state index contributed by atoms with van der Waals surface area (Å²) >= 11 is 1.77. The Morgan fingerprint density at radius 3 is 1.48 bits per heavy atom. The molecule has 7 aromatic carbocycles. The number of rotatable bonds is 5. The summed E-state index contributed by atoms with van der Waals surface area (Å²) in [6.07, 6.45) is 0. The fourth-order valence-electron chi connectivity index (χ4n) is 7.20. The summed E-state index contributed by atoms with van der Waals surface area (Å²) in [5.41, 5.74) is 12.4. The number of nitrogens with zero attached hydrogens (tertiary/aromatic N) is 3. The SMILES string of the molecule is c1ccc(-c2ccc3c(c2)c2cc(-c4ccccc4)ccc2n3-c2ccc3c(c2)sc2c(-c4ccccc4)nc(-c4ccccc4)nc23)cc1. The summed E-state index contributed by atoms with van der Waals surface area (Å²) in [4.78, 5) is 10.3. The van der Waals surface area contributed by atoms with Crippen molar-refractivity contribution in [2.45, 2.75) is 0 Å². The Morgan fingerprint density at radius 2 is 0.920 bits per heavy atom. The fourth-order valence-corrected chi connectivity index (χ4v) is 8.39. The van der Waals surface area contributed by atoms with Gasteiger partial charge in [0.1, 0.15) is 0 Å². The molecule has 0 atom stereocenters. The molecule has 0 bridgehead atoms. The van der Waals surface area contributed by atoms with Gasteiger partial charge in [-0.25, -0.2) is 9.97 Å². The standard InChI is InChI=1S/C46H29N3S/c1-5-13-30(14-6-1)34-21-25-40-38(27-34)39-28-35(31-15-7-2-8-16-31)22-26-41(39)49(40)36-23-24-37-42(29-36)50-45-43(32-17-9-3-10-18-32)47-46(48-44(37)45)33-19-11-4-12-20-33/h1-29H. The Morgan fingerprint density at radius 1 is 0.400 bits per heavy atom. The minimum atomic E-state index is 0.742. The molecule has 10 aromatic rings. The van der Waals surface area contributed by atoms with E-state index in [1.165, 1.54) is 48.8 Å². The van der Waals surface area contributed by atoms with Crippen LogP contribution in [0.15, 0.2) is 176 Å². The molecule has 3 nitrogen and oxygen atoms in total. The normalized spacial score (nSPS) is 11.6. The van der Waals surface area contributed by atoms with Crippen molar-refractivity contribution >= 4 is 53.4 Å². The maximum absolute atomic E-state index is 5.18. The topological polar surface area (TPSA) is 30.7 Å². The van der Waals surface area contributed by atoms with Crippen LogP contribution in [0, 0.1) is 0 Å². The molecule has 0 amide bonds. The first-order valence-electron chi connectivity index (χ1n) is 16.8. The number of hydrogen-bond donors (Lipinski definition) is 0. The Bertz CT molecular complexity index is 2740. The number of hydrogen-bond acceptors (Lipinski definition) is 3. The monoisotopic (exact) mass is 655 g/mol. The molecular formula is C46H29N3S. The zero-order valence-corrected chi connectivity index (χ0v) is 27.8. The highest BCUT2D eigenvalue weighted by Crippen LogP contribution is 2.42. The van der Waals surface area contributed by atoms with Crippen molar-refractivity contribution in [2.75, 3.05) is 0 Å². The first-order chi connectivity index (χ1) is 24.8. The first-order valence-corrected chi connectivity index (χ1v) is 17.6. The maximum atomic E-state index is 5.18. The molecule has 0 spiro atoms. The van der Waals surface area contributed by atoms with E-state index in [1.54, 1.807) is 11.3 Å². The van der Waals surface area contributed by atoms with E-state index in [1.807, 2.05) is 18.2 Å². The van der Waals surface area contributed by atoms with E-state index >= 15 is 0 Å². The van der Waals surface area contributed by atoms with Gasteiger partial charge in [0.2, 0.25) is 0 Å². The first kappa shape index (κ1) is 28.6. The molecule has 0 unspecified atom stereocenters. The van der Waals surface area contributed by atoms with Gasteiger partial charge in [0.25, 0.3) is 0 Å². The van der Waals surface area contributed by atoms with Crippen molar-refractivity contribution in [3.05, 3.63) is 176 Å². The molecule has 0 aliphatic carbocycles. The van der Waals surface area contributed by atoms with Crippen molar-refractivity contribution in [1.82, 2.24) is 14.5 Å². The summed E-state index contributed by atoms with van der Waals surface area (Å²) in [7, 11) is 0. The Hall–Kier alpha value is -6.36. The third kappa shape index (κ3) is 4.73. The van der Waals surface area contributed by atoms with Crippen LogP contribution in [0.5, 0.6) is 0 Å². The van der Waals surface area contributed by atoms with Gasteiger partial charge in [0.05, 0.1) is 26.9 Å². The van der Waals surface area contributed by atoms with Crippen LogP contribution in [0.3, 0.4) is 0 Å². The summed E-state index contributed by atoms with van der Waals surface area (Å²) in [5, 5.41) is 3.62. The molecule has 0 saturated carbocycles. The zero-order valence-electron chi connectivity index (χ0n) is 27.0. The van der Waals surface area contributed by atoms with Gasteiger partial charge in [-0.05, 0) is 64.7 Å². The Labute approximate surface area is 293 Å². The minimum absolute atomic E-state index is 0.742. The lowest BCUT2D eigenvalue weighted by Gasteiger charge is -2.09. The second-order valence-electron chi connectivity index (χ2n) is 12.6. The molecule has 4 heteroatoms. The largest absolute Gasteiger partial charge is 0.309 e. The quantitative estimate of drug-likeness (QED) is 0.185. The van der Waals surface area contributed by atoms with E-state index < -0.39 is 0 Å². The summed E-state index contributed by atoms with van der Waals surface area (Å²) in [6.45, 7) is 0. The van der Waals surface area contributed by atoms with E-state index in [4.69, 9.17) is 9.97 Å². The van der Waals surface area contributed by atoms with Crippen LogP contribution in [-0.4, -0.2) is 14.5 Å².